The highest BCUT2D eigenvalue weighted by atomic mass is 35.5. The summed E-state index contributed by atoms with van der Waals surface area (Å²) in [6, 6.07) is 13.9. The zero-order chi connectivity index (χ0) is 14.8. The highest BCUT2D eigenvalue weighted by Crippen LogP contribution is 2.34. The van der Waals surface area contributed by atoms with E-state index in [1.807, 2.05) is 35.2 Å². The Morgan fingerprint density at radius 3 is 2.67 bits per heavy atom. The lowest BCUT2D eigenvalue weighted by atomic mass is 10.0. The monoisotopic (exact) mass is 303 g/mol. The molecule has 1 saturated heterocycles. The Morgan fingerprint density at radius 1 is 1.19 bits per heavy atom. The van der Waals surface area contributed by atoms with Crippen LogP contribution >= 0.6 is 11.6 Å². The van der Waals surface area contributed by atoms with Gasteiger partial charge in [-0.2, -0.15) is 0 Å². The maximum atomic E-state index is 13.1. The van der Waals surface area contributed by atoms with Crippen LogP contribution < -0.4 is 0 Å². The molecule has 1 heterocycles. The fraction of sp³-hybridized carbons (Fsp3) is 0.235. The first-order valence-electron chi connectivity index (χ1n) is 6.98. The summed E-state index contributed by atoms with van der Waals surface area (Å²) in [4.78, 5) is 14.5. The van der Waals surface area contributed by atoms with Crippen LogP contribution in [0.5, 0.6) is 0 Å². The average Bonchev–Trinajstić information content (AvgIpc) is 2.97. The van der Waals surface area contributed by atoms with Crippen molar-refractivity contribution >= 4 is 17.5 Å². The van der Waals surface area contributed by atoms with Crippen LogP contribution in [0.1, 0.15) is 34.8 Å². The quantitative estimate of drug-likeness (QED) is 0.802. The molecule has 3 rings (SSSR count). The molecule has 1 atom stereocenters. The van der Waals surface area contributed by atoms with Gasteiger partial charge in [-0.15, -0.1) is 0 Å². The average molecular weight is 304 g/mol. The Bertz CT molecular complexity index is 659. The summed E-state index contributed by atoms with van der Waals surface area (Å²) in [7, 11) is 0. The van der Waals surface area contributed by atoms with Crippen molar-refractivity contribution in [2.45, 2.75) is 18.9 Å². The molecule has 0 aliphatic carbocycles. The first-order chi connectivity index (χ1) is 10.2. The van der Waals surface area contributed by atoms with E-state index in [1.165, 1.54) is 18.2 Å². The lowest BCUT2D eigenvalue weighted by Crippen LogP contribution is -2.30. The summed E-state index contributed by atoms with van der Waals surface area (Å²) in [5.74, 6) is -0.566. The second kappa shape index (κ2) is 5.86. The molecule has 2 aromatic carbocycles. The van der Waals surface area contributed by atoms with E-state index in [0.717, 1.165) is 18.4 Å². The van der Waals surface area contributed by atoms with Gasteiger partial charge in [-0.3, -0.25) is 4.79 Å². The van der Waals surface area contributed by atoms with Crippen LogP contribution in [-0.4, -0.2) is 17.4 Å². The fourth-order valence-corrected chi connectivity index (χ4v) is 3.10. The van der Waals surface area contributed by atoms with Crippen LogP contribution in [-0.2, 0) is 0 Å². The van der Waals surface area contributed by atoms with Crippen molar-refractivity contribution in [2.75, 3.05) is 6.54 Å². The molecule has 0 unspecified atom stereocenters. The number of carbonyl (C=O) groups is 1. The van der Waals surface area contributed by atoms with Crippen LogP contribution in [0, 0.1) is 5.82 Å². The largest absolute Gasteiger partial charge is 0.332 e. The van der Waals surface area contributed by atoms with Gasteiger partial charge in [-0.05, 0) is 36.6 Å². The maximum absolute atomic E-state index is 13.1. The Balaban J connectivity index is 1.90. The van der Waals surface area contributed by atoms with Crippen molar-refractivity contribution in [3.63, 3.8) is 0 Å². The van der Waals surface area contributed by atoms with E-state index >= 15 is 0 Å². The van der Waals surface area contributed by atoms with Gasteiger partial charge in [0.1, 0.15) is 5.82 Å². The summed E-state index contributed by atoms with van der Waals surface area (Å²) in [5.41, 5.74) is 1.49. The zero-order valence-corrected chi connectivity index (χ0v) is 12.2. The molecule has 1 fully saturated rings. The molecule has 0 saturated carbocycles. The predicted octanol–water partition coefficient (Wildman–Crippen LogP) is 4.46. The molecule has 108 valence electrons. The van der Waals surface area contributed by atoms with Crippen LogP contribution in [0.4, 0.5) is 4.39 Å². The zero-order valence-electron chi connectivity index (χ0n) is 11.4. The summed E-state index contributed by atoms with van der Waals surface area (Å²) in [6.07, 6.45) is 1.90. The second-order valence-electron chi connectivity index (χ2n) is 5.19. The Labute approximate surface area is 128 Å². The third kappa shape index (κ3) is 2.79. The van der Waals surface area contributed by atoms with E-state index in [4.69, 9.17) is 11.6 Å². The van der Waals surface area contributed by atoms with Gasteiger partial charge in [0.05, 0.1) is 16.6 Å². The minimum atomic E-state index is -0.433. The van der Waals surface area contributed by atoms with Crippen LogP contribution in [0.3, 0.4) is 0 Å². The van der Waals surface area contributed by atoms with E-state index < -0.39 is 5.82 Å². The van der Waals surface area contributed by atoms with Gasteiger partial charge in [0, 0.05) is 6.54 Å². The Morgan fingerprint density at radius 2 is 1.95 bits per heavy atom. The number of halogens is 2. The molecule has 0 radical (unpaired) electrons. The van der Waals surface area contributed by atoms with E-state index in [1.54, 1.807) is 0 Å². The standard InChI is InChI=1S/C17H15ClFNO/c18-15-11-13(19)8-9-14(15)17(21)20-10-4-7-16(20)12-5-2-1-3-6-12/h1-3,5-6,8-9,11,16H,4,7,10H2/t16-/m0/s1. The Kier molecular flexibility index (Phi) is 3.93. The van der Waals surface area contributed by atoms with Gasteiger partial charge < -0.3 is 4.90 Å². The molecule has 0 N–H and O–H groups in total. The van der Waals surface area contributed by atoms with Crippen molar-refractivity contribution in [3.05, 3.63) is 70.5 Å². The van der Waals surface area contributed by atoms with Crippen LogP contribution in [0.2, 0.25) is 5.02 Å². The van der Waals surface area contributed by atoms with Crippen LogP contribution in [0.15, 0.2) is 48.5 Å². The van der Waals surface area contributed by atoms with Crippen molar-refractivity contribution < 1.29 is 9.18 Å². The number of hydrogen-bond acceptors (Lipinski definition) is 1. The van der Waals surface area contributed by atoms with Gasteiger partial charge in [0.15, 0.2) is 0 Å². The molecule has 0 spiro atoms. The molecular weight excluding hydrogens is 289 g/mol. The maximum Gasteiger partial charge on any atom is 0.255 e. The molecule has 1 aliphatic rings. The minimum Gasteiger partial charge on any atom is -0.332 e. The lowest BCUT2D eigenvalue weighted by Gasteiger charge is -2.25. The molecule has 2 aromatic rings. The SMILES string of the molecule is O=C(c1ccc(F)cc1Cl)N1CCC[C@H]1c1ccccc1. The molecule has 0 aromatic heterocycles. The highest BCUT2D eigenvalue weighted by Gasteiger charge is 2.31. The van der Waals surface area contributed by atoms with E-state index in [9.17, 15) is 9.18 Å². The predicted molar refractivity (Wildman–Crippen MR) is 80.9 cm³/mol. The summed E-state index contributed by atoms with van der Waals surface area (Å²) in [5, 5.41) is 0.165. The van der Waals surface area contributed by atoms with E-state index in [-0.39, 0.29) is 17.0 Å². The van der Waals surface area contributed by atoms with Crippen molar-refractivity contribution in [2.24, 2.45) is 0 Å². The topological polar surface area (TPSA) is 20.3 Å². The number of amides is 1. The minimum absolute atomic E-state index is 0.0693. The third-order valence-electron chi connectivity index (χ3n) is 3.86. The lowest BCUT2D eigenvalue weighted by molar-refractivity contribution is 0.0736. The van der Waals surface area contributed by atoms with E-state index in [2.05, 4.69) is 0 Å². The van der Waals surface area contributed by atoms with Crippen molar-refractivity contribution in [3.8, 4) is 0 Å². The van der Waals surface area contributed by atoms with Gasteiger partial charge in [-0.1, -0.05) is 41.9 Å². The second-order valence-corrected chi connectivity index (χ2v) is 5.60. The first-order valence-corrected chi connectivity index (χ1v) is 7.35. The number of nitrogens with zero attached hydrogens (tertiary/aromatic N) is 1. The van der Waals surface area contributed by atoms with Crippen molar-refractivity contribution in [1.29, 1.82) is 0 Å². The van der Waals surface area contributed by atoms with Gasteiger partial charge in [0.2, 0.25) is 0 Å². The number of benzene rings is 2. The van der Waals surface area contributed by atoms with Crippen molar-refractivity contribution in [1.82, 2.24) is 4.90 Å². The third-order valence-corrected chi connectivity index (χ3v) is 4.17. The molecule has 1 amide bonds. The van der Waals surface area contributed by atoms with Gasteiger partial charge in [0.25, 0.3) is 5.91 Å². The van der Waals surface area contributed by atoms with Gasteiger partial charge in [-0.25, -0.2) is 4.39 Å². The highest BCUT2D eigenvalue weighted by molar-refractivity contribution is 6.33. The summed E-state index contributed by atoms with van der Waals surface area (Å²) >= 11 is 6.01. The number of hydrogen-bond donors (Lipinski definition) is 0. The molecule has 1 aliphatic heterocycles. The summed E-state index contributed by atoms with van der Waals surface area (Å²) in [6.45, 7) is 0.700. The van der Waals surface area contributed by atoms with Gasteiger partial charge >= 0.3 is 0 Å². The smallest absolute Gasteiger partial charge is 0.255 e. The Hall–Kier alpha value is -1.87. The normalized spacial score (nSPS) is 18.0. The fourth-order valence-electron chi connectivity index (χ4n) is 2.85. The molecule has 21 heavy (non-hydrogen) atoms. The number of rotatable bonds is 2. The molecular formula is C17H15ClFNO. The summed E-state index contributed by atoms with van der Waals surface area (Å²) < 4.78 is 13.1. The molecule has 2 nitrogen and oxygen atoms in total. The molecule has 0 bridgehead atoms. The van der Waals surface area contributed by atoms with E-state index in [0.29, 0.717) is 12.1 Å². The first kappa shape index (κ1) is 14.1. The number of likely N-dealkylation sites (tertiary alicyclic amines) is 1. The molecule has 4 heteroatoms. The number of carbonyl (C=O) groups excluding carboxylic acids is 1. The van der Waals surface area contributed by atoms with Crippen LogP contribution in [0.25, 0.3) is 0 Å².